The van der Waals surface area contributed by atoms with Crippen molar-refractivity contribution in [1.82, 2.24) is 0 Å². The van der Waals surface area contributed by atoms with E-state index in [0.717, 1.165) is 25.1 Å². The molecule has 0 saturated heterocycles. The van der Waals surface area contributed by atoms with Gasteiger partial charge < -0.3 is 10.0 Å². The topological polar surface area (TPSA) is 47.3 Å². The Kier molecular flexibility index (Phi) is 3.12. The fourth-order valence-electron chi connectivity index (χ4n) is 2.16. The van der Waals surface area contributed by atoms with Crippen molar-refractivity contribution >= 4 is 5.69 Å². The van der Waals surface area contributed by atoms with Gasteiger partial charge in [-0.15, -0.1) is 0 Å². The molecule has 1 aliphatic carbocycles. The van der Waals surface area contributed by atoms with Crippen LogP contribution >= 0.6 is 0 Å². The lowest BCUT2D eigenvalue weighted by atomic mass is 9.82. The van der Waals surface area contributed by atoms with E-state index in [1.54, 1.807) is 0 Å². The molecule has 0 spiro atoms. The predicted molar refractivity (Wildman–Crippen MR) is 63.2 cm³/mol. The summed E-state index contributed by atoms with van der Waals surface area (Å²) < 4.78 is 0. The first-order chi connectivity index (χ1) is 7.69. The number of aliphatic hydroxyl groups is 1. The number of hydrogen-bond donors (Lipinski definition) is 1. The van der Waals surface area contributed by atoms with Crippen LogP contribution in [-0.4, -0.2) is 24.8 Å². The van der Waals surface area contributed by atoms with Crippen molar-refractivity contribution in [2.24, 2.45) is 5.92 Å². The summed E-state index contributed by atoms with van der Waals surface area (Å²) in [6.45, 7) is 0.950. The SMILES string of the molecule is CN(CC1CC(O)C1)c1cccc(C#N)c1. The highest BCUT2D eigenvalue weighted by molar-refractivity contribution is 5.50. The van der Waals surface area contributed by atoms with Crippen molar-refractivity contribution < 1.29 is 5.11 Å². The number of anilines is 1. The zero-order valence-corrected chi connectivity index (χ0v) is 9.43. The van der Waals surface area contributed by atoms with E-state index in [-0.39, 0.29) is 6.10 Å². The third-order valence-electron chi connectivity index (χ3n) is 3.16. The second-order valence-corrected chi connectivity index (χ2v) is 4.53. The van der Waals surface area contributed by atoms with E-state index in [0.29, 0.717) is 11.5 Å². The van der Waals surface area contributed by atoms with Crippen LogP contribution in [0.15, 0.2) is 24.3 Å². The van der Waals surface area contributed by atoms with Crippen molar-refractivity contribution in [3.05, 3.63) is 29.8 Å². The van der Waals surface area contributed by atoms with Gasteiger partial charge >= 0.3 is 0 Å². The van der Waals surface area contributed by atoms with Crippen molar-refractivity contribution in [1.29, 1.82) is 5.26 Å². The first-order valence-corrected chi connectivity index (χ1v) is 5.58. The Hall–Kier alpha value is -1.53. The molecule has 0 atom stereocenters. The predicted octanol–water partition coefficient (Wildman–Crippen LogP) is 1.77. The lowest BCUT2D eigenvalue weighted by molar-refractivity contribution is 0.0465. The van der Waals surface area contributed by atoms with Crippen LogP contribution in [-0.2, 0) is 0 Å². The fourth-order valence-corrected chi connectivity index (χ4v) is 2.16. The molecule has 0 heterocycles. The zero-order chi connectivity index (χ0) is 11.5. The van der Waals surface area contributed by atoms with E-state index < -0.39 is 0 Å². The molecule has 16 heavy (non-hydrogen) atoms. The monoisotopic (exact) mass is 216 g/mol. The van der Waals surface area contributed by atoms with Gasteiger partial charge in [0.2, 0.25) is 0 Å². The molecule has 0 bridgehead atoms. The Bertz CT molecular complexity index is 405. The van der Waals surface area contributed by atoms with Gasteiger partial charge in [0, 0.05) is 19.3 Å². The van der Waals surface area contributed by atoms with Crippen LogP contribution in [0.1, 0.15) is 18.4 Å². The van der Waals surface area contributed by atoms with Gasteiger partial charge in [0.25, 0.3) is 0 Å². The third-order valence-corrected chi connectivity index (χ3v) is 3.16. The molecule has 0 amide bonds. The van der Waals surface area contributed by atoms with E-state index in [1.165, 1.54) is 0 Å². The molecule has 2 rings (SSSR count). The minimum Gasteiger partial charge on any atom is -0.393 e. The minimum absolute atomic E-state index is 0.0937. The molecule has 84 valence electrons. The van der Waals surface area contributed by atoms with Gasteiger partial charge in [-0.1, -0.05) is 6.07 Å². The maximum Gasteiger partial charge on any atom is 0.0992 e. The summed E-state index contributed by atoms with van der Waals surface area (Å²) in [6, 6.07) is 9.76. The Balaban J connectivity index is 1.98. The molecule has 1 N–H and O–H groups in total. The molecular formula is C13H16N2O. The highest BCUT2D eigenvalue weighted by atomic mass is 16.3. The quantitative estimate of drug-likeness (QED) is 0.837. The standard InChI is InChI=1S/C13H16N2O/c1-15(9-11-6-13(16)7-11)12-4-2-3-10(5-12)8-14/h2-5,11,13,16H,6-7,9H2,1H3. The number of nitrogens with zero attached hydrogens (tertiary/aromatic N) is 2. The fraction of sp³-hybridized carbons (Fsp3) is 0.462. The van der Waals surface area contributed by atoms with Crippen molar-refractivity contribution in [3.63, 3.8) is 0 Å². The number of hydrogen-bond acceptors (Lipinski definition) is 3. The van der Waals surface area contributed by atoms with E-state index in [9.17, 15) is 5.11 Å². The Morgan fingerprint density at radius 1 is 1.50 bits per heavy atom. The van der Waals surface area contributed by atoms with Crippen LogP contribution in [0.3, 0.4) is 0 Å². The van der Waals surface area contributed by atoms with Crippen molar-refractivity contribution in [3.8, 4) is 6.07 Å². The van der Waals surface area contributed by atoms with Crippen LogP contribution in [0.2, 0.25) is 0 Å². The van der Waals surface area contributed by atoms with Gasteiger partial charge in [0.05, 0.1) is 17.7 Å². The van der Waals surface area contributed by atoms with Crippen LogP contribution in [0.4, 0.5) is 5.69 Å². The second-order valence-electron chi connectivity index (χ2n) is 4.53. The van der Waals surface area contributed by atoms with Gasteiger partial charge in [-0.3, -0.25) is 0 Å². The summed E-state index contributed by atoms with van der Waals surface area (Å²) in [7, 11) is 2.03. The van der Waals surface area contributed by atoms with Gasteiger partial charge in [-0.25, -0.2) is 0 Å². The van der Waals surface area contributed by atoms with Crippen LogP contribution in [0.5, 0.6) is 0 Å². The molecule has 0 aliphatic heterocycles. The van der Waals surface area contributed by atoms with Gasteiger partial charge in [-0.05, 0) is 37.0 Å². The smallest absolute Gasteiger partial charge is 0.0992 e. The maximum absolute atomic E-state index is 9.22. The number of rotatable bonds is 3. The number of benzene rings is 1. The molecule has 0 radical (unpaired) electrons. The average Bonchev–Trinajstić information content (AvgIpc) is 2.27. The first kappa shape index (κ1) is 11.0. The van der Waals surface area contributed by atoms with Gasteiger partial charge in [-0.2, -0.15) is 5.26 Å². The Morgan fingerprint density at radius 2 is 2.25 bits per heavy atom. The highest BCUT2D eigenvalue weighted by Gasteiger charge is 2.27. The van der Waals surface area contributed by atoms with Gasteiger partial charge in [0.15, 0.2) is 0 Å². The Morgan fingerprint density at radius 3 is 2.88 bits per heavy atom. The first-order valence-electron chi connectivity index (χ1n) is 5.58. The molecule has 1 aromatic rings. The molecule has 3 nitrogen and oxygen atoms in total. The van der Waals surface area contributed by atoms with Crippen LogP contribution in [0, 0.1) is 17.2 Å². The van der Waals surface area contributed by atoms with Crippen LogP contribution < -0.4 is 4.90 Å². The number of nitriles is 1. The molecule has 1 saturated carbocycles. The zero-order valence-electron chi connectivity index (χ0n) is 9.43. The van der Waals surface area contributed by atoms with E-state index in [4.69, 9.17) is 5.26 Å². The molecular weight excluding hydrogens is 200 g/mol. The summed E-state index contributed by atoms with van der Waals surface area (Å²) in [5, 5.41) is 18.0. The third kappa shape index (κ3) is 2.34. The van der Waals surface area contributed by atoms with Crippen molar-refractivity contribution in [2.45, 2.75) is 18.9 Å². The lowest BCUT2D eigenvalue weighted by Gasteiger charge is -2.35. The highest BCUT2D eigenvalue weighted by Crippen LogP contribution is 2.29. The minimum atomic E-state index is -0.0937. The summed E-state index contributed by atoms with van der Waals surface area (Å²) in [6.07, 6.45) is 1.72. The summed E-state index contributed by atoms with van der Waals surface area (Å²) in [4.78, 5) is 2.15. The van der Waals surface area contributed by atoms with Gasteiger partial charge in [0.1, 0.15) is 0 Å². The van der Waals surface area contributed by atoms with E-state index in [2.05, 4.69) is 11.0 Å². The molecule has 1 fully saturated rings. The van der Waals surface area contributed by atoms with Crippen molar-refractivity contribution in [2.75, 3.05) is 18.5 Å². The summed E-state index contributed by atoms with van der Waals surface area (Å²) >= 11 is 0. The van der Waals surface area contributed by atoms with E-state index >= 15 is 0 Å². The van der Waals surface area contributed by atoms with E-state index in [1.807, 2.05) is 31.3 Å². The number of aliphatic hydroxyl groups excluding tert-OH is 1. The maximum atomic E-state index is 9.22. The largest absolute Gasteiger partial charge is 0.393 e. The molecule has 1 aromatic carbocycles. The summed E-state index contributed by atoms with van der Waals surface area (Å²) in [5.74, 6) is 0.589. The average molecular weight is 216 g/mol. The lowest BCUT2D eigenvalue weighted by Crippen LogP contribution is -2.37. The second kappa shape index (κ2) is 4.54. The summed E-state index contributed by atoms with van der Waals surface area (Å²) in [5.41, 5.74) is 1.76. The normalized spacial score (nSPS) is 23.3. The van der Waals surface area contributed by atoms with Crippen LogP contribution in [0.25, 0.3) is 0 Å². The Labute approximate surface area is 95.9 Å². The molecule has 1 aliphatic rings. The molecule has 3 heteroatoms. The molecule has 0 unspecified atom stereocenters. The molecule has 0 aromatic heterocycles.